The molecule has 2 aliphatic heterocycles. The molecule has 182 valence electrons. The first-order valence-electron chi connectivity index (χ1n) is 13.2. The van der Waals surface area contributed by atoms with E-state index in [4.69, 9.17) is 4.42 Å². The quantitative estimate of drug-likeness (QED) is 0.393. The summed E-state index contributed by atoms with van der Waals surface area (Å²) in [5.74, 6) is 0.889. The lowest BCUT2D eigenvalue weighted by atomic mass is 9.83. The second-order valence-corrected chi connectivity index (χ2v) is 10.4. The number of rotatable bonds is 9. The predicted molar refractivity (Wildman–Crippen MR) is 135 cm³/mol. The number of unbranched alkanes of at least 4 members (excludes halogenated alkanes) is 3. The molecule has 33 heavy (non-hydrogen) atoms. The number of phenols is 1. The van der Waals surface area contributed by atoms with Gasteiger partial charge in [0, 0.05) is 30.1 Å². The van der Waals surface area contributed by atoms with E-state index in [0.29, 0.717) is 24.1 Å². The van der Waals surface area contributed by atoms with Crippen molar-refractivity contribution in [3.63, 3.8) is 0 Å². The predicted octanol–water partition coefficient (Wildman–Crippen LogP) is 5.63. The number of aromatic hydroxyl groups is 1. The van der Waals surface area contributed by atoms with E-state index in [1.165, 1.54) is 58.0 Å². The molecular formula is C28H42N2O3. The largest absolute Gasteiger partial charge is 0.507 e. The first-order chi connectivity index (χ1) is 16.0. The molecule has 0 bridgehead atoms. The monoisotopic (exact) mass is 454 g/mol. The highest BCUT2D eigenvalue weighted by Crippen LogP contribution is 2.33. The zero-order valence-electron chi connectivity index (χ0n) is 20.9. The summed E-state index contributed by atoms with van der Waals surface area (Å²) in [6, 6.07) is 4.37. The molecule has 4 rings (SSSR count). The van der Waals surface area contributed by atoms with Gasteiger partial charge in [0.05, 0.1) is 5.56 Å². The van der Waals surface area contributed by atoms with Crippen molar-refractivity contribution >= 4 is 11.0 Å². The van der Waals surface area contributed by atoms with E-state index in [1.54, 1.807) is 6.07 Å². The van der Waals surface area contributed by atoms with E-state index < -0.39 is 0 Å². The zero-order chi connectivity index (χ0) is 23.4. The third kappa shape index (κ3) is 5.46. The van der Waals surface area contributed by atoms with E-state index in [9.17, 15) is 9.90 Å². The Morgan fingerprint density at radius 3 is 2.73 bits per heavy atom. The van der Waals surface area contributed by atoms with Crippen molar-refractivity contribution in [2.24, 2.45) is 5.92 Å². The zero-order valence-corrected chi connectivity index (χ0v) is 20.9. The fourth-order valence-electron chi connectivity index (χ4n) is 6.20. The minimum Gasteiger partial charge on any atom is -0.507 e. The molecule has 0 saturated carbocycles. The Balaban J connectivity index is 1.53. The highest BCUT2D eigenvalue weighted by atomic mass is 16.4. The Labute approximate surface area is 198 Å². The second kappa shape index (κ2) is 11.1. The highest BCUT2D eigenvalue weighted by molar-refractivity contribution is 5.85. The van der Waals surface area contributed by atoms with Gasteiger partial charge in [-0.05, 0) is 89.2 Å². The van der Waals surface area contributed by atoms with Crippen molar-refractivity contribution in [2.75, 3.05) is 26.7 Å². The van der Waals surface area contributed by atoms with Crippen molar-refractivity contribution in [2.45, 2.75) is 90.6 Å². The van der Waals surface area contributed by atoms with Crippen molar-refractivity contribution < 1.29 is 9.52 Å². The summed E-state index contributed by atoms with van der Waals surface area (Å²) in [5.41, 5.74) is 2.86. The highest BCUT2D eigenvalue weighted by Gasteiger charge is 2.33. The van der Waals surface area contributed by atoms with Gasteiger partial charge in [-0.3, -0.25) is 0 Å². The number of aryl methyl sites for hydroxylation is 1. The lowest BCUT2D eigenvalue weighted by Gasteiger charge is -2.45. The van der Waals surface area contributed by atoms with Gasteiger partial charge in [-0.2, -0.15) is 0 Å². The molecule has 2 unspecified atom stereocenters. The minimum atomic E-state index is -0.240. The average Bonchev–Trinajstić information content (AvgIpc) is 2.81. The fourth-order valence-corrected chi connectivity index (χ4v) is 6.20. The van der Waals surface area contributed by atoms with E-state index in [1.807, 2.05) is 13.0 Å². The van der Waals surface area contributed by atoms with E-state index in [0.717, 1.165) is 47.9 Å². The molecule has 2 aliphatic rings. The Kier molecular flexibility index (Phi) is 8.13. The molecule has 5 heteroatoms. The van der Waals surface area contributed by atoms with Crippen LogP contribution in [0.25, 0.3) is 11.0 Å². The third-order valence-corrected chi connectivity index (χ3v) is 8.02. The number of hydrogen-bond acceptors (Lipinski definition) is 5. The first kappa shape index (κ1) is 24.3. The van der Waals surface area contributed by atoms with Crippen molar-refractivity contribution in [1.82, 2.24) is 9.80 Å². The van der Waals surface area contributed by atoms with Crippen LogP contribution in [0.1, 0.15) is 81.4 Å². The van der Waals surface area contributed by atoms with Crippen LogP contribution in [0.3, 0.4) is 0 Å². The molecule has 2 saturated heterocycles. The maximum absolute atomic E-state index is 12.9. The lowest BCUT2D eigenvalue weighted by Crippen LogP contribution is -2.50. The van der Waals surface area contributed by atoms with Gasteiger partial charge in [-0.15, -0.1) is 0 Å². The number of phenolic OH excluding ortho intramolecular Hbond substituents is 1. The smallest absolute Gasteiger partial charge is 0.339 e. The molecule has 2 aromatic rings. The number of fused-ring (bicyclic) bond motifs is 2. The number of hydrogen-bond donors (Lipinski definition) is 1. The number of nitrogens with zero attached hydrogens (tertiary/aromatic N) is 2. The summed E-state index contributed by atoms with van der Waals surface area (Å²) >= 11 is 0. The van der Waals surface area contributed by atoms with E-state index in [2.05, 4.69) is 23.8 Å². The molecule has 1 aromatic carbocycles. The Morgan fingerprint density at radius 2 is 1.91 bits per heavy atom. The summed E-state index contributed by atoms with van der Waals surface area (Å²) < 4.78 is 5.87. The minimum absolute atomic E-state index is 0.218. The van der Waals surface area contributed by atoms with Crippen LogP contribution in [-0.4, -0.2) is 47.6 Å². The lowest BCUT2D eigenvalue weighted by molar-refractivity contribution is 0.0434. The number of benzene rings is 1. The maximum atomic E-state index is 12.9. The molecule has 0 aliphatic carbocycles. The SMILES string of the molecule is CCCCCCc1c(C)c2ccc(O)c(CN(C)CC3CCCN4CCCCC34)c2oc1=O. The van der Waals surface area contributed by atoms with Gasteiger partial charge in [0.25, 0.3) is 0 Å². The summed E-state index contributed by atoms with van der Waals surface area (Å²) in [6.45, 7) is 8.32. The van der Waals surface area contributed by atoms with Gasteiger partial charge in [-0.25, -0.2) is 4.79 Å². The molecule has 0 radical (unpaired) electrons. The van der Waals surface area contributed by atoms with Gasteiger partial charge in [-0.1, -0.05) is 32.6 Å². The van der Waals surface area contributed by atoms with Gasteiger partial charge in [0.15, 0.2) is 0 Å². The van der Waals surface area contributed by atoms with Crippen LogP contribution in [0.4, 0.5) is 0 Å². The van der Waals surface area contributed by atoms with Gasteiger partial charge >= 0.3 is 5.63 Å². The van der Waals surface area contributed by atoms with Crippen LogP contribution >= 0.6 is 0 Å². The topological polar surface area (TPSA) is 56.9 Å². The maximum Gasteiger partial charge on any atom is 0.339 e. The van der Waals surface area contributed by atoms with Gasteiger partial charge in [0.1, 0.15) is 11.3 Å². The fraction of sp³-hybridized carbons (Fsp3) is 0.679. The molecule has 3 heterocycles. The summed E-state index contributed by atoms with van der Waals surface area (Å²) in [5, 5.41) is 11.7. The summed E-state index contributed by atoms with van der Waals surface area (Å²) in [6.07, 6.45) is 11.8. The number of piperidine rings is 2. The van der Waals surface area contributed by atoms with Crippen LogP contribution in [0.5, 0.6) is 5.75 Å². The average molecular weight is 455 g/mol. The Hall–Kier alpha value is -1.85. The molecule has 0 amide bonds. The van der Waals surface area contributed by atoms with Crippen LogP contribution in [0, 0.1) is 12.8 Å². The van der Waals surface area contributed by atoms with Crippen LogP contribution in [0.2, 0.25) is 0 Å². The molecule has 1 N–H and O–H groups in total. The molecule has 1 aromatic heterocycles. The second-order valence-electron chi connectivity index (χ2n) is 10.4. The van der Waals surface area contributed by atoms with Gasteiger partial charge in [0.2, 0.25) is 0 Å². The Bertz CT molecular complexity index is 997. The summed E-state index contributed by atoms with van der Waals surface area (Å²) in [7, 11) is 2.13. The van der Waals surface area contributed by atoms with Crippen molar-refractivity contribution in [1.29, 1.82) is 0 Å². The van der Waals surface area contributed by atoms with Gasteiger partial charge < -0.3 is 19.3 Å². The first-order valence-corrected chi connectivity index (χ1v) is 13.2. The molecule has 5 nitrogen and oxygen atoms in total. The summed E-state index contributed by atoms with van der Waals surface area (Å²) in [4.78, 5) is 17.9. The van der Waals surface area contributed by atoms with Crippen LogP contribution < -0.4 is 5.63 Å². The Morgan fingerprint density at radius 1 is 1.09 bits per heavy atom. The standard InChI is InChI=1S/C28H42N2O3/c1-4-5-6-7-12-23-20(2)22-14-15-26(31)24(27(22)33-28(23)32)19-29(3)18-21-11-10-17-30-16-9-8-13-25(21)30/h14-15,21,25,31H,4-13,16-19H2,1-3H3. The van der Waals surface area contributed by atoms with Crippen molar-refractivity contribution in [3.8, 4) is 5.75 Å². The van der Waals surface area contributed by atoms with E-state index in [-0.39, 0.29) is 11.4 Å². The molecular weight excluding hydrogens is 412 g/mol. The molecule has 2 fully saturated rings. The normalized spacial score (nSPS) is 21.6. The van der Waals surface area contributed by atoms with Crippen LogP contribution in [0.15, 0.2) is 21.3 Å². The van der Waals surface area contributed by atoms with Crippen molar-refractivity contribution in [3.05, 3.63) is 39.2 Å². The molecule has 2 atom stereocenters. The van der Waals surface area contributed by atoms with Crippen LogP contribution in [-0.2, 0) is 13.0 Å². The molecule has 0 spiro atoms. The van der Waals surface area contributed by atoms with E-state index >= 15 is 0 Å². The third-order valence-electron chi connectivity index (χ3n) is 8.02.